The van der Waals surface area contributed by atoms with Gasteiger partial charge in [0.2, 0.25) is 0 Å². The van der Waals surface area contributed by atoms with Crippen LogP contribution in [0.3, 0.4) is 0 Å². The van der Waals surface area contributed by atoms with Gasteiger partial charge in [0, 0.05) is 12.3 Å². The summed E-state index contributed by atoms with van der Waals surface area (Å²) in [5.41, 5.74) is 2.13. The van der Waals surface area contributed by atoms with Crippen LogP contribution in [0.4, 0.5) is 10.1 Å². The van der Waals surface area contributed by atoms with E-state index in [-0.39, 0.29) is 11.5 Å². The van der Waals surface area contributed by atoms with Crippen molar-refractivity contribution >= 4 is 17.2 Å². The minimum Gasteiger partial charge on any atom is -0.356 e. The molecule has 6 nitrogen and oxygen atoms in total. The van der Waals surface area contributed by atoms with Gasteiger partial charge in [-0.1, -0.05) is 23.9 Å². The number of amides is 1. The number of halogens is 1. The van der Waals surface area contributed by atoms with E-state index in [0.717, 1.165) is 5.56 Å². The Morgan fingerprint density at radius 2 is 2.25 bits per heavy atom. The van der Waals surface area contributed by atoms with Gasteiger partial charge in [-0.15, -0.1) is 0 Å². The van der Waals surface area contributed by atoms with E-state index in [4.69, 9.17) is 4.52 Å². The SMILES string of the molecule is C=C(C)c1cc(C(=O)Nc2cnn(Cc3cccc(F)c3)c2)no1. The van der Waals surface area contributed by atoms with Gasteiger partial charge in [-0.25, -0.2) is 4.39 Å². The van der Waals surface area contributed by atoms with Crippen LogP contribution in [0, 0.1) is 5.82 Å². The summed E-state index contributed by atoms with van der Waals surface area (Å²) in [6.45, 7) is 5.89. The van der Waals surface area contributed by atoms with Gasteiger partial charge >= 0.3 is 0 Å². The van der Waals surface area contributed by atoms with Crippen LogP contribution in [0.1, 0.15) is 28.7 Å². The molecule has 0 fully saturated rings. The van der Waals surface area contributed by atoms with Gasteiger partial charge in [0.25, 0.3) is 5.91 Å². The van der Waals surface area contributed by atoms with Gasteiger partial charge in [-0.2, -0.15) is 5.10 Å². The minimum atomic E-state index is -0.406. The van der Waals surface area contributed by atoms with Gasteiger partial charge in [-0.3, -0.25) is 9.48 Å². The Morgan fingerprint density at radius 1 is 1.42 bits per heavy atom. The lowest BCUT2D eigenvalue weighted by molar-refractivity contribution is 0.101. The third-order valence-electron chi connectivity index (χ3n) is 3.29. The first-order valence-electron chi connectivity index (χ1n) is 7.22. The van der Waals surface area contributed by atoms with Crippen LogP contribution in [0.15, 0.2) is 53.8 Å². The number of nitrogens with zero attached hydrogens (tertiary/aromatic N) is 3. The summed E-state index contributed by atoms with van der Waals surface area (Å²) in [5.74, 6) is -0.244. The van der Waals surface area contributed by atoms with E-state index in [9.17, 15) is 9.18 Å². The summed E-state index contributed by atoms with van der Waals surface area (Å²) < 4.78 is 19.8. The molecule has 0 spiro atoms. The predicted octanol–water partition coefficient (Wildman–Crippen LogP) is 3.34. The highest BCUT2D eigenvalue weighted by molar-refractivity contribution is 6.02. The molecule has 0 aliphatic heterocycles. The molecule has 0 bridgehead atoms. The zero-order chi connectivity index (χ0) is 17.1. The number of anilines is 1. The van der Waals surface area contributed by atoms with E-state index in [1.807, 2.05) is 0 Å². The number of aromatic nitrogens is 3. The summed E-state index contributed by atoms with van der Waals surface area (Å²) in [4.78, 5) is 12.1. The second kappa shape index (κ2) is 6.49. The van der Waals surface area contributed by atoms with Gasteiger partial charge in [0.15, 0.2) is 11.5 Å². The van der Waals surface area contributed by atoms with Crippen LogP contribution in [0.2, 0.25) is 0 Å². The standard InChI is InChI=1S/C17H15FN4O2/c1-11(2)16-7-15(21-24-16)17(23)20-14-8-19-22(10-14)9-12-4-3-5-13(18)6-12/h3-8,10H,1,9H2,2H3,(H,20,23). The molecule has 3 rings (SSSR count). The first kappa shape index (κ1) is 15.7. The highest BCUT2D eigenvalue weighted by atomic mass is 19.1. The molecule has 0 aliphatic carbocycles. The second-order valence-electron chi connectivity index (χ2n) is 5.37. The summed E-state index contributed by atoms with van der Waals surface area (Å²) in [6.07, 6.45) is 3.17. The van der Waals surface area contributed by atoms with E-state index in [2.05, 4.69) is 22.2 Å². The fraction of sp³-hybridized carbons (Fsp3) is 0.118. The van der Waals surface area contributed by atoms with Gasteiger partial charge in [-0.05, 0) is 30.2 Å². The van der Waals surface area contributed by atoms with Crippen LogP contribution < -0.4 is 5.32 Å². The normalized spacial score (nSPS) is 10.6. The van der Waals surface area contributed by atoms with Crippen LogP contribution in [-0.4, -0.2) is 20.8 Å². The predicted molar refractivity (Wildman–Crippen MR) is 86.9 cm³/mol. The monoisotopic (exact) mass is 326 g/mol. The van der Waals surface area contributed by atoms with Crippen molar-refractivity contribution in [3.63, 3.8) is 0 Å². The molecule has 1 N–H and O–H groups in total. The number of allylic oxidation sites excluding steroid dienone is 1. The average molecular weight is 326 g/mol. The zero-order valence-corrected chi connectivity index (χ0v) is 13.0. The lowest BCUT2D eigenvalue weighted by Gasteiger charge is -2.01. The smallest absolute Gasteiger partial charge is 0.277 e. The van der Waals surface area contributed by atoms with Crippen molar-refractivity contribution in [3.8, 4) is 0 Å². The Morgan fingerprint density at radius 3 is 2.96 bits per heavy atom. The fourth-order valence-corrected chi connectivity index (χ4v) is 2.12. The Balaban J connectivity index is 1.67. The minimum absolute atomic E-state index is 0.158. The summed E-state index contributed by atoms with van der Waals surface area (Å²) >= 11 is 0. The average Bonchev–Trinajstić information content (AvgIpc) is 3.17. The molecule has 0 atom stereocenters. The molecule has 1 aromatic carbocycles. The number of rotatable bonds is 5. The van der Waals surface area contributed by atoms with Gasteiger partial charge in [0.1, 0.15) is 5.82 Å². The molecule has 2 heterocycles. The molecule has 24 heavy (non-hydrogen) atoms. The van der Waals surface area contributed by atoms with Crippen LogP contribution in [-0.2, 0) is 6.54 Å². The molecule has 0 radical (unpaired) electrons. The Labute approximate surface area is 137 Å². The number of benzene rings is 1. The Bertz CT molecular complexity index is 897. The Kier molecular flexibility index (Phi) is 4.24. The first-order valence-corrected chi connectivity index (χ1v) is 7.22. The highest BCUT2D eigenvalue weighted by Crippen LogP contribution is 2.15. The largest absolute Gasteiger partial charge is 0.356 e. The number of nitrogens with one attached hydrogen (secondary N) is 1. The molecule has 0 aliphatic rings. The summed E-state index contributed by atoms with van der Waals surface area (Å²) in [6, 6.07) is 7.79. The molecule has 7 heteroatoms. The number of carbonyl (C=O) groups excluding carboxylic acids is 1. The van der Waals surface area contributed by atoms with Gasteiger partial charge < -0.3 is 9.84 Å². The second-order valence-corrected chi connectivity index (χ2v) is 5.37. The molecule has 2 aromatic heterocycles. The third kappa shape index (κ3) is 3.57. The highest BCUT2D eigenvalue weighted by Gasteiger charge is 2.14. The molecule has 0 saturated heterocycles. The van der Waals surface area contributed by atoms with Crippen LogP contribution >= 0.6 is 0 Å². The number of hydrogen-bond acceptors (Lipinski definition) is 4. The maximum absolute atomic E-state index is 13.2. The zero-order valence-electron chi connectivity index (χ0n) is 13.0. The van der Waals surface area contributed by atoms with E-state index < -0.39 is 5.91 Å². The molecule has 3 aromatic rings. The van der Waals surface area contributed by atoms with Crippen molar-refractivity contribution < 1.29 is 13.7 Å². The quantitative estimate of drug-likeness (QED) is 0.780. The molecular weight excluding hydrogens is 311 g/mol. The maximum atomic E-state index is 13.2. The van der Waals surface area contributed by atoms with Crippen molar-refractivity contribution in [3.05, 3.63) is 72.1 Å². The van der Waals surface area contributed by atoms with E-state index in [0.29, 0.717) is 23.6 Å². The molecule has 122 valence electrons. The Hall–Kier alpha value is -3.22. The van der Waals surface area contributed by atoms with Crippen molar-refractivity contribution in [2.75, 3.05) is 5.32 Å². The van der Waals surface area contributed by atoms with Gasteiger partial charge in [0.05, 0.1) is 18.4 Å². The lowest BCUT2D eigenvalue weighted by atomic mass is 10.2. The molecule has 0 unspecified atom stereocenters. The van der Waals surface area contributed by atoms with Crippen molar-refractivity contribution in [1.29, 1.82) is 0 Å². The van der Waals surface area contributed by atoms with Crippen molar-refractivity contribution in [2.24, 2.45) is 0 Å². The van der Waals surface area contributed by atoms with E-state index >= 15 is 0 Å². The molecule has 1 amide bonds. The maximum Gasteiger partial charge on any atom is 0.277 e. The summed E-state index contributed by atoms with van der Waals surface area (Å²) in [7, 11) is 0. The molecular formula is C17H15FN4O2. The van der Waals surface area contributed by atoms with E-state index in [1.54, 1.807) is 29.9 Å². The molecule has 0 saturated carbocycles. The summed E-state index contributed by atoms with van der Waals surface area (Å²) in [5, 5.41) is 10.5. The topological polar surface area (TPSA) is 73.0 Å². The van der Waals surface area contributed by atoms with Crippen molar-refractivity contribution in [1.82, 2.24) is 14.9 Å². The number of carbonyl (C=O) groups is 1. The first-order chi connectivity index (χ1) is 11.5. The van der Waals surface area contributed by atoms with E-state index in [1.165, 1.54) is 24.4 Å². The van der Waals surface area contributed by atoms with Crippen LogP contribution in [0.25, 0.3) is 5.57 Å². The van der Waals surface area contributed by atoms with Crippen LogP contribution in [0.5, 0.6) is 0 Å². The van der Waals surface area contributed by atoms with Crippen molar-refractivity contribution in [2.45, 2.75) is 13.5 Å². The third-order valence-corrected chi connectivity index (χ3v) is 3.29. The number of hydrogen-bond donors (Lipinski definition) is 1. The fourth-order valence-electron chi connectivity index (χ4n) is 2.12. The lowest BCUT2D eigenvalue weighted by Crippen LogP contribution is -2.11.